The maximum absolute atomic E-state index is 11.4. The maximum Gasteiger partial charge on any atom is 0.309 e. The lowest BCUT2D eigenvalue weighted by Crippen LogP contribution is -2.49. The molecular formula is C11H12O2. The Labute approximate surface area is 77.0 Å². The Hall–Kier alpha value is -0.790. The quantitative estimate of drug-likeness (QED) is 0.410. The molecule has 68 valence electrons. The zero-order chi connectivity index (χ0) is 8.58. The molecule has 0 N–H and O–H groups in total. The molecule has 3 fully saturated rings. The van der Waals surface area contributed by atoms with Crippen molar-refractivity contribution in [3.63, 3.8) is 0 Å². The van der Waals surface area contributed by atoms with Gasteiger partial charge in [-0.25, -0.2) is 0 Å². The fourth-order valence-corrected chi connectivity index (χ4v) is 4.21. The summed E-state index contributed by atoms with van der Waals surface area (Å²) < 4.78 is 5.13. The largest absolute Gasteiger partial charge is 0.465 e. The van der Waals surface area contributed by atoms with E-state index >= 15 is 0 Å². The number of rotatable bonds is 0. The van der Waals surface area contributed by atoms with E-state index in [1.165, 1.54) is 6.42 Å². The lowest BCUT2D eigenvalue weighted by atomic mass is 9.54. The highest BCUT2D eigenvalue weighted by molar-refractivity contribution is 5.77. The number of fused-ring (bicyclic) bond motifs is 8. The Balaban J connectivity index is 1.77. The van der Waals surface area contributed by atoms with Crippen LogP contribution in [0.15, 0.2) is 12.2 Å². The molecule has 1 aliphatic heterocycles. The molecule has 0 aromatic rings. The number of hydrogen-bond acceptors (Lipinski definition) is 2. The van der Waals surface area contributed by atoms with Gasteiger partial charge < -0.3 is 4.74 Å². The van der Waals surface area contributed by atoms with Gasteiger partial charge in [-0.2, -0.15) is 0 Å². The Bertz CT molecular complexity index is 320. The van der Waals surface area contributed by atoms with Gasteiger partial charge in [-0.1, -0.05) is 12.2 Å². The van der Waals surface area contributed by atoms with Gasteiger partial charge in [-0.05, 0) is 30.1 Å². The minimum Gasteiger partial charge on any atom is -0.465 e. The molecular weight excluding hydrogens is 164 g/mol. The van der Waals surface area contributed by atoms with Crippen LogP contribution >= 0.6 is 0 Å². The second kappa shape index (κ2) is 1.84. The molecule has 1 saturated heterocycles. The fourth-order valence-electron chi connectivity index (χ4n) is 4.21. The van der Waals surface area contributed by atoms with Crippen molar-refractivity contribution in [2.45, 2.75) is 6.42 Å². The molecule has 0 radical (unpaired) electrons. The van der Waals surface area contributed by atoms with Gasteiger partial charge in [-0.15, -0.1) is 0 Å². The Kier molecular flexibility index (Phi) is 0.938. The maximum atomic E-state index is 11.4. The van der Waals surface area contributed by atoms with Crippen LogP contribution in [0, 0.1) is 35.5 Å². The molecule has 1 heterocycles. The fraction of sp³-hybridized carbons (Fsp3) is 0.727. The second-order valence-electron chi connectivity index (χ2n) is 4.92. The third kappa shape index (κ3) is 0.560. The van der Waals surface area contributed by atoms with Crippen LogP contribution in [0.4, 0.5) is 0 Å². The molecule has 4 aliphatic rings. The highest BCUT2D eigenvalue weighted by atomic mass is 16.5. The predicted octanol–water partition coefficient (Wildman–Crippen LogP) is 1.23. The summed E-state index contributed by atoms with van der Waals surface area (Å²) in [6.45, 7) is 0.710. The topological polar surface area (TPSA) is 26.3 Å². The van der Waals surface area contributed by atoms with Gasteiger partial charge in [0.2, 0.25) is 0 Å². The van der Waals surface area contributed by atoms with Crippen LogP contribution in [-0.4, -0.2) is 12.6 Å². The summed E-state index contributed by atoms with van der Waals surface area (Å²) in [5.74, 6) is 3.91. The first-order valence-corrected chi connectivity index (χ1v) is 5.21. The number of carbonyl (C=O) groups excluding carboxylic acids is 1. The van der Waals surface area contributed by atoms with Crippen LogP contribution in [0.5, 0.6) is 0 Å². The molecule has 2 saturated carbocycles. The SMILES string of the molecule is O=C1OCC2C1C1C3C=CC(C3)C21. The van der Waals surface area contributed by atoms with E-state index in [2.05, 4.69) is 12.2 Å². The first-order chi connectivity index (χ1) is 6.36. The molecule has 6 unspecified atom stereocenters. The molecule has 4 rings (SSSR count). The van der Waals surface area contributed by atoms with Crippen molar-refractivity contribution in [3.8, 4) is 0 Å². The van der Waals surface area contributed by atoms with Crippen molar-refractivity contribution < 1.29 is 9.53 Å². The zero-order valence-electron chi connectivity index (χ0n) is 7.35. The molecule has 0 aromatic heterocycles. The van der Waals surface area contributed by atoms with Gasteiger partial charge in [0.15, 0.2) is 0 Å². The third-order valence-corrected chi connectivity index (χ3v) is 4.64. The van der Waals surface area contributed by atoms with Crippen molar-refractivity contribution >= 4 is 5.97 Å². The van der Waals surface area contributed by atoms with Crippen molar-refractivity contribution in [3.05, 3.63) is 12.2 Å². The summed E-state index contributed by atoms with van der Waals surface area (Å²) in [5, 5.41) is 0. The van der Waals surface area contributed by atoms with Gasteiger partial charge in [0.05, 0.1) is 12.5 Å². The Morgan fingerprint density at radius 1 is 1.23 bits per heavy atom. The van der Waals surface area contributed by atoms with Crippen molar-refractivity contribution in [1.29, 1.82) is 0 Å². The van der Waals surface area contributed by atoms with Crippen molar-refractivity contribution in [2.75, 3.05) is 6.61 Å². The van der Waals surface area contributed by atoms with E-state index in [1.54, 1.807) is 0 Å². The molecule has 0 amide bonds. The smallest absolute Gasteiger partial charge is 0.309 e. The normalized spacial score (nSPS) is 60.2. The van der Waals surface area contributed by atoms with Crippen LogP contribution in [0.25, 0.3) is 0 Å². The van der Waals surface area contributed by atoms with E-state index < -0.39 is 0 Å². The second-order valence-corrected chi connectivity index (χ2v) is 4.92. The third-order valence-electron chi connectivity index (χ3n) is 4.64. The van der Waals surface area contributed by atoms with Crippen LogP contribution in [0.3, 0.4) is 0 Å². The summed E-state index contributed by atoms with van der Waals surface area (Å²) in [6, 6.07) is 0. The standard InChI is InChI=1S/C11H12O2/c12-11-10-7(4-13-11)8-5-1-2-6(3-5)9(8)10/h1-2,5-10H,3-4H2. The molecule has 2 bridgehead atoms. The minimum absolute atomic E-state index is 0.0900. The molecule has 6 atom stereocenters. The summed E-state index contributed by atoms with van der Waals surface area (Å²) in [4.78, 5) is 11.4. The van der Waals surface area contributed by atoms with Crippen LogP contribution in [-0.2, 0) is 9.53 Å². The number of hydrogen-bond donors (Lipinski definition) is 0. The van der Waals surface area contributed by atoms with E-state index in [1.807, 2.05) is 0 Å². The summed E-state index contributed by atoms with van der Waals surface area (Å²) >= 11 is 0. The van der Waals surface area contributed by atoms with Crippen molar-refractivity contribution in [1.82, 2.24) is 0 Å². The van der Waals surface area contributed by atoms with E-state index in [0.29, 0.717) is 24.4 Å². The van der Waals surface area contributed by atoms with E-state index in [-0.39, 0.29) is 11.9 Å². The van der Waals surface area contributed by atoms with Crippen LogP contribution in [0.2, 0.25) is 0 Å². The average molecular weight is 176 g/mol. The Morgan fingerprint density at radius 2 is 2.00 bits per heavy atom. The van der Waals surface area contributed by atoms with Gasteiger partial charge in [0.1, 0.15) is 0 Å². The number of allylic oxidation sites excluding steroid dienone is 2. The first kappa shape index (κ1) is 6.63. The lowest BCUT2D eigenvalue weighted by molar-refractivity contribution is -0.146. The molecule has 2 heteroatoms. The molecule has 3 aliphatic carbocycles. The van der Waals surface area contributed by atoms with E-state index in [4.69, 9.17) is 4.74 Å². The summed E-state index contributed by atoms with van der Waals surface area (Å²) in [6.07, 6.45) is 6.01. The highest BCUT2D eigenvalue weighted by Gasteiger charge is 2.66. The summed E-state index contributed by atoms with van der Waals surface area (Å²) in [7, 11) is 0. The molecule has 2 nitrogen and oxygen atoms in total. The monoisotopic (exact) mass is 176 g/mol. The number of cyclic esters (lactones) is 1. The molecule has 0 spiro atoms. The minimum atomic E-state index is 0.0900. The molecule has 13 heavy (non-hydrogen) atoms. The van der Waals surface area contributed by atoms with Gasteiger partial charge in [0, 0.05) is 5.92 Å². The highest BCUT2D eigenvalue weighted by Crippen LogP contribution is 2.65. The van der Waals surface area contributed by atoms with Crippen LogP contribution in [0.1, 0.15) is 6.42 Å². The van der Waals surface area contributed by atoms with Gasteiger partial charge in [0.25, 0.3) is 0 Å². The van der Waals surface area contributed by atoms with Gasteiger partial charge in [-0.3, -0.25) is 4.79 Å². The van der Waals surface area contributed by atoms with Crippen LogP contribution < -0.4 is 0 Å². The number of ether oxygens (including phenoxy) is 1. The molecule has 0 aromatic carbocycles. The van der Waals surface area contributed by atoms with Gasteiger partial charge >= 0.3 is 5.97 Å². The zero-order valence-corrected chi connectivity index (χ0v) is 7.35. The number of esters is 1. The lowest BCUT2D eigenvalue weighted by Gasteiger charge is -2.46. The number of carbonyl (C=O) groups is 1. The first-order valence-electron chi connectivity index (χ1n) is 5.21. The van der Waals surface area contributed by atoms with E-state index in [0.717, 1.165) is 11.8 Å². The summed E-state index contributed by atoms with van der Waals surface area (Å²) in [5.41, 5.74) is 0. The Morgan fingerprint density at radius 3 is 2.85 bits per heavy atom. The van der Waals surface area contributed by atoms with E-state index in [9.17, 15) is 4.79 Å². The average Bonchev–Trinajstić information content (AvgIpc) is 2.66. The van der Waals surface area contributed by atoms with Crippen molar-refractivity contribution in [2.24, 2.45) is 35.5 Å². The predicted molar refractivity (Wildman–Crippen MR) is 45.7 cm³/mol.